The first-order valence-electron chi connectivity index (χ1n) is 3.98. The molecular formula is C9H10BrNO. The van der Waals surface area contributed by atoms with Gasteiger partial charge in [0.15, 0.2) is 0 Å². The second-order valence-corrected chi connectivity index (χ2v) is 3.85. The Morgan fingerprint density at radius 3 is 2.92 bits per heavy atom. The average molecular weight is 228 g/mol. The van der Waals surface area contributed by atoms with Gasteiger partial charge in [-0.05, 0) is 34.5 Å². The van der Waals surface area contributed by atoms with Crippen LogP contribution in [0.4, 0.5) is 0 Å². The van der Waals surface area contributed by atoms with Gasteiger partial charge in [-0.15, -0.1) is 0 Å². The molecule has 2 nitrogen and oxygen atoms in total. The van der Waals surface area contributed by atoms with Gasteiger partial charge in [0.1, 0.15) is 0 Å². The molecule has 12 heavy (non-hydrogen) atoms. The van der Waals surface area contributed by atoms with Crippen molar-refractivity contribution in [3.63, 3.8) is 0 Å². The fourth-order valence-corrected chi connectivity index (χ4v) is 1.80. The van der Waals surface area contributed by atoms with E-state index in [1.54, 1.807) is 0 Å². The van der Waals surface area contributed by atoms with Gasteiger partial charge in [0.25, 0.3) is 0 Å². The van der Waals surface area contributed by atoms with Gasteiger partial charge in [0.2, 0.25) is 0 Å². The summed E-state index contributed by atoms with van der Waals surface area (Å²) in [6.07, 6.45) is 1.85. The number of pyridine rings is 1. The van der Waals surface area contributed by atoms with Crippen molar-refractivity contribution >= 4 is 15.9 Å². The molecule has 0 atom stereocenters. The standard InChI is InChI=1S/C9H10BrNO/c1-6-2-3-11-9(8(6)10)7-4-12-5-7/h2-3,7H,4-5H2,1H3. The maximum atomic E-state index is 5.12. The van der Waals surface area contributed by atoms with Gasteiger partial charge in [0.05, 0.1) is 18.9 Å². The van der Waals surface area contributed by atoms with Crippen molar-refractivity contribution in [3.8, 4) is 0 Å². The Labute approximate surface area is 80.1 Å². The van der Waals surface area contributed by atoms with E-state index in [4.69, 9.17) is 4.74 Å². The molecule has 0 radical (unpaired) electrons. The van der Waals surface area contributed by atoms with E-state index in [2.05, 4.69) is 27.8 Å². The Hall–Kier alpha value is -0.410. The van der Waals surface area contributed by atoms with Crippen LogP contribution in [0.25, 0.3) is 0 Å². The molecule has 1 fully saturated rings. The summed E-state index contributed by atoms with van der Waals surface area (Å²) in [7, 11) is 0. The normalized spacial score (nSPS) is 17.5. The number of ether oxygens (including phenoxy) is 1. The zero-order valence-corrected chi connectivity index (χ0v) is 8.47. The summed E-state index contributed by atoms with van der Waals surface area (Å²) in [6.45, 7) is 3.71. The van der Waals surface area contributed by atoms with Gasteiger partial charge < -0.3 is 4.74 Å². The minimum Gasteiger partial charge on any atom is -0.380 e. The Bertz CT molecular complexity index is 297. The molecule has 0 amide bonds. The summed E-state index contributed by atoms with van der Waals surface area (Å²) in [5.74, 6) is 0.499. The highest BCUT2D eigenvalue weighted by atomic mass is 79.9. The summed E-state index contributed by atoms with van der Waals surface area (Å²) in [6, 6.07) is 2.01. The predicted octanol–water partition coefficient (Wildman–Crippen LogP) is 2.27. The number of hydrogen-bond donors (Lipinski definition) is 0. The summed E-state index contributed by atoms with van der Waals surface area (Å²) < 4.78 is 6.26. The zero-order valence-electron chi connectivity index (χ0n) is 6.88. The molecule has 1 aliphatic rings. The van der Waals surface area contributed by atoms with Crippen molar-refractivity contribution in [1.82, 2.24) is 4.98 Å². The van der Waals surface area contributed by atoms with Gasteiger partial charge in [-0.3, -0.25) is 4.98 Å². The molecular weight excluding hydrogens is 218 g/mol. The molecule has 0 spiro atoms. The van der Waals surface area contributed by atoms with E-state index in [9.17, 15) is 0 Å². The number of halogens is 1. The summed E-state index contributed by atoms with van der Waals surface area (Å²) in [4.78, 5) is 4.33. The lowest BCUT2D eigenvalue weighted by Gasteiger charge is -2.26. The van der Waals surface area contributed by atoms with Crippen LogP contribution in [-0.4, -0.2) is 18.2 Å². The van der Waals surface area contributed by atoms with E-state index in [1.807, 2.05) is 12.3 Å². The molecule has 0 saturated carbocycles. The molecule has 0 bridgehead atoms. The van der Waals surface area contributed by atoms with Gasteiger partial charge in [0, 0.05) is 16.6 Å². The SMILES string of the molecule is Cc1ccnc(C2COC2)c1Br. The minimum absolute atomic E-state index is 0.499. The summed E-state index contributed by atoms with van der Waals surface area (Å²) in [5, 5.41) is 0. The van der Waals surface area contributed by atoms with Crippen LogP contribution >= 0.6 is 15.9 Å². The van der Waals surface area contributed by atoms with Crippen molar-refractivity contribution in [2.45, 2.75) is 12.8 Å². The first-order chi connectivity index (χ1) is 5.79. The van der Waals surface area contributed by atoms with Crippen LogP contribution in [0.3, 0.4) is 0 Å². The van der Waals surface area contributed by atoms with Crippen LogP contribution < -0.4 is 0 Å². The molecule has 0 N–H and O–H groups in total. The third-order valence-corrected chi connectivity index (χ3v) is 3.17. The highest BCUT2D eigenvalue weighted by Gasteiger charge is 2.24. The van der Waals surface area contributed by atoms with Crippen LogP contribution in [0.1, 0.15) is 17.2 Å². The highest BCUT2D eigenvalue weighted by molar-refractivity contribution is 9.10. The number of aromatic nitrogens is 1. The molecule has 2 heterocycles. The monoisotopic (exact) mass is 227 g/mol. The lowest BCUT2D eigenvalue weighted by atomic mass is 10.0. The van der Waals surface area contributed by atoms with Crippen molar-refractivity contribution in [3.05, 3.63) is 28.0 Å². The van der Waals surface area contributed by atoms with Crippen LogP contribution in [0, 0.1) is 6.92 Å². The lowest BCUT2D eigenvalue weighted by Crippen LogP contribution is -2.26. The number of rotatable bonds is 1. The van der Waals surface area contributed by atoms with E-state index >= 15 is 0 Å². The molecule has 64 valence electrons. The molecule has 3 heteroatoms. The van der Waals surface area contributed by atoms with Gasteiger partial charge in [-0.1, -0.05) is 0 Å². The molecule has 0 aliphatic carbocycles. The minimum atomic E-state index is 0.499. The molecule has 0 aromatic carbocycles. The fraction of sp³-hybridized carbons (Fsp3) is 0.444. The van der Waals surface area contributed by atoms with Gasteiger partial charge in [-0.2, -0.15) is 0 Å². The quantitative estimate of drug-likeness (QED) is 0.735. The second-order valence-electron chi connectivity index (χ2n) is 3.06. The largest absolute Gasteiger partial charge is 0.380 e. The number of hydrogen-bond acceptors (Lipinski definition) is 2. The van der Waals surface area contributed by atoms with Crippen LogP contribution in [-0.2, 0) is 4.74 Å². The third kappa shape index (κ3) is 1.27. The molecule has 1 saturated heterocycles. The molecule has 0 unspecified atom stereocenters. The molecule has 1 aliphatic heterocycles. The zero-order chi connectivity index (χ0) is 8.55. The summed E-state index contributed by atoms with van der Waals surface area (Å²) >= 11 is 3.54. The van der Waals surface area contributed by atoms with E-state index in [0.717, 1.165) is 23.4 Å². The first-order valence-corrected chi connectivity index (χ1v) is 4.77. The Balaban J connectivity index is 2.36. The average Bonchev–Trinajstić information content (AvgIpc) is 1.95. The number of aryl methyl sites for hydroxylation is 1. The van der Waals surface area contributed by atoms with E-state index in [1.165, 1.54) is 5.56 Å². The van der Waals surface area contributed by atoms with E-state index in [0.29, 0.717) is 5.92 Å². The predicted molar refractivity (Wildman–Crippen MR) is 50.2 cm³/mol. The maximum Gasteiger partial charge on any atom is 0.0625 e. The maximum absolute atomic E-state index is 5.12. The van der Waals surface area contributed by atoms with Crippen molar-refractivity contribution in [1.29, 1.82) is 0 Å². The Morgan fingerprint density at radius 2 is 2.33 bits per heavy atom. The Morgan fingerprint density at radius 1 is 1.58 bits per heavy atom. The molecule has 2 rings (SSSR count). The molecule has 1 aromatic rings. The topological polar surface area (TPSA) is 22.1 Å². The van der Waals surface area contributed by atoms with Crippen molar-refractivity contribution in [2.24, 2.45) is 0 Å². The van der Waals surface area contributed by atoms with E-state index < -0.39 is 0 Å². The third-order valence-electron chi connectivity index (χ3n) is 2.13. The van der Waals surface area contributed by atoms with Crippen LogP contribution in [0.15, 0.2) is 16.7 Å². The summed E-state index contributed by atoms with van der Waals surface area (Å²) in [5.41, 5.74) is 2.38. The highest BCUT2D eigenvalue weighted by Crippen LogP contribution is 2.30. The fourth-order valence-electron chi connectivity index (χ4n) is 1.24. The second kappa shape index (κ2) is 3.15. The van der Waals surface area contributed by atoms with Crippen LogP contribution in [0.2, 0.25) is 0 Å². The Kier molecular flexibility index (Phi) is 2.15. The van der Waals surface area contributed by atoms with Crippen molar-refractivity contribution in [2.75, 3.05) is 13.2 Å². The molecule has 1 aromatic heterocycles. The van der Waals surface area contributed by atoms with Gasteiger partial charge in [-0.25, -0.2) is 0 Å². The lowest BCUT2D eigenvalue weighted by molar-refractivity contribution is 0.00638. The van der Waals surface area contributed by atoms with Crippen molar-refractivity contribution < 1.29 is 4.74 Å². The smallest absolute Gasteiger partial charge is 0.0625 e. The van der Waals surface area contributed by atoms with E-state index in [-0.39, 0.29) is 0 Å². The van der Waals surface area contributed by atoms with Crippen LogP contribution in [0.5, 0.6) is 0 Å². The van der Waals surface area contributed by atoms with Gasteiger partial charge >= 0.3 is 0 Å². The first kappa shape index (κ1) is 8.20. The number of nitrogens with zero attached hydrogens (tertiary/aromatic N) is 1.